The minimum Gasteiger partial charge on any atom is -0.343 e. The predicted molar refractivity (Wildman–Crippen MR) is 143 cm³/mol. The quantitative estimate of drug-likeness (QED) is 0.466. The number of fused-ring (bicyclic) bond motifs is 2. The van der Waals surface area contributed by atoms with Gasteiger partial charge in [0, 0.05) is 61.1 Å². The highest BCUT2D eigenvalue weighted by molar-refractivity contribution is 9.10. The molecule has 7 heteroatoms. The van der Waals surface area contributed by atoms with Gasteiger partial charge in [-0.05, 0) is 88.3 Å². The van der Waals surface area contributed by atoms with Gasteiger partial charge in [0.15, 0.2) is 0 Å². The number of rotatable bonds is 3. The summed E-state index contributed by atoms with van der Waals surface area (Å²) >= 11 is 9.91. The molecule has 5 nitrogen and oxygen atoms in total. The van der Waals surface area contributed by atoms with Crippen molar-refractivity contribution < 1.29 is 9.59 Å². The second kappa shape index (κ2) is 10.4. The van der Waals surface area contributed by atoms with Crippen LogP contribution in [0.5, 0.6) is 0 Å². The number of carbonyl (C=O) groups excluding carboxylic acids is 2. The number of pyridine rings is 1. The zero-order chi connectivity index (χ0) is 24.5. The molecule has 0 bridgehead atoms. The zero-order valence-corrected chi connectivity index (χ0v) is 22.4. The maximum atomic E-state index is 13.1. The van der Waals surface area contributed by atoms with E-state index in [1.165, 1.54) is 5.56 Å². The SMILES string of the molecule is CC(=O)N1CCC(CC(=O)N2CCC([C@@H]3c4ccc(Cl)cc4C=Cc4cc(Br)cnc43)CC2)CC1. The van der Waals surface area contributed by atoms with Gasteiger partial charge in [-0.3, -0.25) is 14.6 Å². The minimum absolute atomic E-state index is 0.137. The van der Waals surface area contributed by atoms with Crippen LogP contribution in [0.15, 0.2) is 34.9 Å². The maximum Gasteiger partial charge on any atom is 0.222 e. The van der Waals surface area contributed by atoms with Crippen molar-refractivity contribution in [3.8, 4) is 0 Å². The Morgan fingerprint density at radius 3 is 2.40 bits per heavy atom. The summed E-state index contributed by atoms with van der Waals surface area (Å²) in [4.78, 5) is 33.5. The van der Waals surface area contributed by atoms with Crippen LogP contribution in [0.1, 0.15) is 67.3 Å². The molecule has 1 aromatic heterocycles. The van der Waals surface area contributed by atoms with Crippen LogP contribution in [0.3, 0.4) is 0 Å². The molecular formula is C28H31BrClN3O2. The van der Waals surface area contributed by atoms with Crippen LogP contribution >= 0.6 is 27.5 Å². The van der Waals surface area contributed by atoms with Gasteiger partial charge in [-0.1, -0.05) is 29.8 Å². The van der Waals surface area contributed by atoms with Crippen molar-refractivity contribution >= 4 is 51.5 Å². The molecule has 0 radical (unpaired) electrons. The van der Waals surface area contributed by atoms with Gasteiger partial charge < -0.3 is 9.80 Å². The number of nitrogens with zero attached hydrogens (tertiary/aromatic N) is 3. The standard InChI is InChI=1S/C28H31BrClN3O2/c1-18(34)32-10-6-19(7-11-32)14-26(35)33-12-8-20(9-13-33)27-25-5-4-24(30)16-21(25)2-3-22-15-23(29)17-31-28(22)27/h2-5,15-17,19-20,27H,6-14H2,1H3/t27-/m1/s1. The predicted octanol–water partition coefficient (Wildman–Crippen LogP) is 6.00. The third-order valence-electron chi connectivity index (χ3n) is 7.92. The van der Waals surface area contributed by atoms with Gasteiger partial charge in [0.05, 0.1) is 5.69 Å². The lowest BCUT2D eigenvalue weighted by molar-refractivity contribution is -0.134. The molecule has 1 aliphatic carbocycles. The molecule has 2 aliphatic heterocycles. The Morgan fingerprint density at radius 1 is 1.00 bits per heavy atom. The second-order valence-electron chi connectivity index (χ2n) is 10.1. The van der Waals surface area contributed by atoms with Crippen molar-refractivity contribution in [2.24, 2.45) is 11.8 Å². The number of piperidine rings is 2. The van der Waals surface area contributed by atoms with E-state index < -0.39 is 0 Å². The normalized spacial score (nSPS) is 20.8. The first kappa shape index (κ1) is 24.5. The van der Waals surface area contributed by atoms with Crippen molar-refractivity contribution in [1.82, 2.24) is 14.8 Å². The number of carbonyl (C=O) groups is 2. The smallest absolute Gasteiger partial charge is 0.222 e. The maximum absolute atomic E-state index is 13.1. The number of halogens is 2. The van der Waals surface area contributed by atoms with Crippen molar-refractivity contribution in [3.05, 3.63) is 62.3 Å². The largest absolute Gasteiger partial charge is 0.343 e. The van der Waals surface area contributed by atoms with Crippen molar-refractivity contribution in [2.45, 2.75) is 44.9 Å². The molecule has 2 fully saturated rings. The summed E-state index contributed by atoms with van der Waals surface area (Å²) in [5, 5.41) is 0.738. The van der Waals surface area contributed by atoms with E-state index in [1.54, 1.807) is 6.92 Å². The number of hydrogen-bond donors (Lipinski definition) is 0. The van der Waals surface area contributed by atoms with Crippen LogP contribution in [-0.4, -0.2) is 52.8 Å². The van der Waals surface area contributed by atoms with E-state index >= 15 is 0 Å². The molecule has 1 atom stereocenters. The molecule has 0 unspecified atom stereocenters. The summed E-state index contributed by atoms with van der Waals surface area (Å²) in [6.45, 7) is 4.75. The Bertz CT molecular complexity index is 1100. The fourth-order valence-corrected chi connectivity index (χ4v) is 6.48. The molecule has 0 N–H and O–H groups in total. The van der Waals surface area contributed by atoms with E-state index in [-0.39, 0.29) is 17.7 Å². The fraction of sp³-hybridized carbons (Fsp3) is 0.464. The average molecular weight is 557 g/mol. The second-order valence-corrected chi connectivity index (χ2v) is 11.4. The molecular weight excluding hydrogens is 526 g/mol. The molecule has 5 rings (SSSR count). The molecule has 3 heterocycles. The molecule has 0 saturated carbocycles. The summed E-state index contributed by atoms with van der Waals surface area (Å²) in [6, 6.07) is 8.30. The highest BCUT2D eigenvalue weighted by atomic mass is 79.9. The average Bonchev–Trinajstić information content (AvgIpc) is 3.00. The Morgan fingerprint density at radius 2 is 1.69 bits per heavy atom. The molecule has 1 aromatic carbocycles. The van der Waals surface area contributed by atoms with Crippen molar-refractivity contribution in [1.29, 1.82) is 0 Å². The summed E-state index contributed by atoms with van der Waals surface area (Å²) in [6.07, 6.45) is 10.5. The molecule has 2 amide bonds. The number of benzene rings is 1. The van der Waals surface area contributed by atoms with Gasteiger partial charge >= 0.3 is 0 Å². The third kappa shape index (κ3) is 5.34. The Kier molecular flexibility index (Phi) is 7.31. The van der Waals surface area contributed by atoms with Crippen LogP contribution in [0.25, 0.3) is 12.2 Å². The van der Waals surface area contributed by atoms with Crippen molar-refractivity contribution in [2.75, 3.05) is 26.2 Å². The van der Waals surface area contributed by atoms with Crippen molar-refractivity contribution in [3.63, 3.8) is 0 Å². The lowest BCUT2D eigenvalue weighted by Gasteiger charge is -2.38. The topological polar surface area (TPSA) is 53.5 Å². The molecule has 184 valence electrons. The van der Waals surface area contributed by atoms with Gasteiger partial charge in [0.1, 0.15) is 0 Å². The van der Waals surface area contributed by atoms with E-state index in [2.05, 4.69) is 45.1 Å². The fourth-order valence-electron chi connectivity index (χ4n) is 5.95. The van der Waals surface area contributed by atoms with Crippen LogP contribution < -0.4 is 0 Å². The highest BCUT2D eigenvalue weighted by Gasteiger charge is 2.35. The van der Waals surface area contributed by atoms with Crippen LogP contribution in [0.2, 0.25) is 5.02 Å². The highest BCUT2D eigenvalue weighted by Crippen LogP contribution is 2.43. The molecule has 35 heavy (non-hydrogen) atoms. The summed E-state index contributed by atoms with van der Waals surface area (Å²) in [7, 11) is 0. The van der Waals surface area contributed by atoms with E-state index in [0.717, 1.165) is 78.2 Å². The molecule has 2 saturated heterocycles. The molecule has 3 aliphatic rings. The Hall–Kier alpha value is -2.18. The van der Waals surface area contributed by atoms with Gasteiger partial charge in [0.25, 0.3) is 0 Å². The number of hydrogen-bond acceptors (Lipinski definition) is 3. The number of likely N-dealkylation sites (tertiary alicyclic amines) is 2. The van der Waals surface area contributed by atoms with Crippen LogP contribution in [0.4, 0.5) is 0 Å². The van der Waals surface area contributed by atoms with Gasteiger partial charge in [0.2, 0.25) is 11.8 Å². The van der Waals surface area contributed by atoms with Gasteiger partial charge in [-0.25, -0.2) is 0 Å². The Labute approximate surface area is 220 Å². The monoisotopic (exact) mass is 555 g/mol. The van der Waals surface area contributed by atoms with E-state index in [0.29, 0.717) is 18.3 Å². The minimum atomic E-state index is 0.137. The first-order chi connectivity index (χ1) is 16.9. The first-order valence-corrected chi connectivity index (χ1v) is 13.7. The summed E-state index contributed by atoms with van der Waals surface area (Å²) in [5.74, 6) is 1.37. The zero-order valence-electron chi connectivity index (χ0n) is 20.1. The summed E-state index contributed by atoms with van der Waals surface area (Å²) in [5.41, 5.74) is 4.65. The van der Waals surface area contributed by atoms with Crippen LogP contribution in [-0.2, 0) is 9.59 Å². The van der Waals surface area contributed by atoms with E-state index in [9.17, 15) is 9.59 Å². The van der Waals surface area contributed by atoms with E-state index in [1.807, 2.05) is 23.2 Å². The number of amides is 2. The lowest BCUT2D eigenvalue weighted by Crippen LogP contribution is -2.42. The van der Waals surface area contributed by atoms with E-state index in [4.69, 9.17) is 16.6 Å². The molecule has 2 aromatic rings. The Balaban J connectivity index is 1.28. The van der Waals surface area contributed by atoms with Crippen LogP contribution in [0, 0.1) is 11.8 Å². The van der Waals surface area contributed by atoms with Gasteiger partial charge in [-0.2, -0.15) is 0 Å². The third-order valence-corrected chi connectivity index (χ3v) is 8.59. The molecule has 0 spiro atoms. The summed E-state index contributed by atoms with van der Waals surface area (Å²) < 4.78 is 0.971. The first-order valence-electron chi connectivity index (χ1n) is 12.6. The lowest BCUT2D eigenvalue weighted by atomic mass is 9.76. The van der Waals surface area contributed by atoms with Gasteiger partial charge in [-0.15, -0.1) is 0 Å². The number of aromatic nitrogens is 1.